The molecule has 1 amide bonds. The molecule has 1 N–H and O–H groups in total. The van der Waals surface area contributed by atoms with Gasteiger partial charge in [-0.3, -0.25) is 4.79 Å². The highest BCUT2D eigenvalue weighted by molar-refractivity contribution is 7.16. The Morgan fingerprint density at radius 3 is 2.89 bits per heavy atom. The summed E-state index contributed by atoms with van der Waals surface area (Å²) in [5.41, 5.74) is 2.06. The van der Waals surface area contributed by atoms with Gasteiger partial charge in [0.25, 0.3) is 0 Å². The van der Waals surface area contributed by atoms with Gasteiger partial charge >= 0.3 is 0 Å². The number of nitrogens with zero attached hydrogens (tertiary/aromatic N) is 1. The van der Waals surface area contributed by atoms with E-state index in [9.17, 15) is 10.1 Å². The lowest BCUT2D eigenvalue weighted by atomic mass is 9.69. The Balaban J connectivity index is 1.76. The van der Waals surface area contributed by atoms with E-state index in [1.54, 1.807) is 17.4 Å². The van der Waals surface area contributed by atoms with Crippen LogP contribution < -0.4 is 5.32 Å². The third-order valence-corrected chi connectivity index (χ3v) is 6.96. The zero-order chi connectivity index (χ0) is 19.6. The molecule has 0 aliphatic heterocycles. The Morgan fingerprint density at radius 1 is 1.48 bits per heavy atom. The summed E-state index contributed by atoms with van der Waals surface area (Å²) < 4.78 is 5.43. The summed E-state index contributed by atoms with van der Waals surface area (Å²) >= 11 is 1.56. The first kappa shape index (κ1) is 19.4. The number of aryl methyl sites for hydroxylation is 1. The first-order valence-corrected chi connectivity index (χ1v) is 10.3. The van der Waals surface area contributed by atoms with E-state index in [2.05, 4.69) is 32.2 Å². The smallest absolute Gasteiger partial charge is 0.249 e. The number of anilines is 1. The molecule has 1 aliphatic rings. The second-order valence-electron chi connectivity index (χ2n) is 7.87. The molecule has 2 aromatic heterocycles. The van der Waals surface area contributed by atoms with E-state index < -0.39 is 0 Å². The van der Waals surface area contributed by atoms with Gasteiger partial charge in [-0.2, -0.15) is 5.26 Å². The van der Waals surface area contributed by atoms with Crippen LogP contribution in [0.2, 0.25) is 0 Å². The number of hydrogen-bond acceptors (Lipinski definition) is 4. The third-order valence-electron chi connectivity index (χ3n) is 5.79. The van der Waals surface area contributed by atoms with Crippen molar-refractivity contribution in [1.82, 2.24) is 0 Å². The Morgan fingerprint density at radius 2 is 2.26 bits per heavy atom. The molecule has 1 unspecified atom stereocenters. The monoisotopic (exact) mass is 382 g/mol. The van der Waals surface area contributed by atoms with Gasteiger partial charge in [0.2, 0.25) is 5.91 Å². The number of carbonyl (C=O) groups excluding carboxylic acids is 1. The highest BCUT2D eigenvalue weighted by Crippen LogP contribution is 2.45. The van der Waals surface area contributed by atoms with Crippen LogP contribution in [0.15, 0.2) is 22.6 Å². The maximum absolute atomic E-state index is 12.3. The van der Waals surface area contributed by atoms with Crippen LogP contribution in [0, 0.1) is 29.6 Å². The number of carbonyl (C=O) groups is 1. The summed E-state index contributed by atoms with van der Waals surface area (Å²) in [5.74, 6) is 1.81. The van der Waals surface area contributed by atoms with Gasteiger partial charge in [-0.1, -0.05) is 27.2 Å². The second kappa shape index (κ2) is 7.74. The summed E-state index contributed by atoms with van der Waals surface area (Å²) in [6.45, 7) is 8.75. The lowest BCUT2D eigenvalue weighted by molar-refractivity contribution is -0.111. The van der Waals surface area contributed by atoms with Gasteiger partial charge in [-0.15, -0.1) is 11.3 Å². The number of fused-ring (bicyclic) bond motifs is 1. The van der Waals surface area contributed by atoms with Gasteiger partial charge in [0.15, 0.2) is 0 Å². The van der Waals surface area contributed by atoms with Crippen LogP contribution in [0.5, 0.6) is 0 Å². The molecule has 142 valence electrons. The lowest BCUT2D eigenvalue weighted by Crippen LogP contribution is -2.28. The van der Waals surface area contributed by atoms with Crippen molar-refractivity contribution in [1.29, 1.82) is 5.26 Å². The second-order valence-corrected chi connectivity index (χ2v) is 8.98. The molecule has 27 heavy (non-hydrogen) atoms. The minimum absolute atomic E-state index is 0.246. The average molecular weight is 383 g/mol. The van der Waals surface area contributed by atoms with E-state index in [0.717, 1.165) is 37.0 Å². The number of amides is 1. The van der Waals surface area contributed by atoms with Gasteiger partial charge in [0, 0.05) is 11.0 Å². The van der Waals surface area contributed by atoms with Crippen LogP contribution in [0.25, 0.3) is 6.08 Å². The van der Waals surface area contributed by atoms with Crippen molar-refractivity contribution in [3.05, 3.63) is 45.7 Å². The van der Waals surface area contributed by atoms with Crippen LogP contribution in [-0.4, -0.2) is 5.91 Å². The van der Waals surface area contributed by atoms with Gasteiger partial charge in [-0.05, 0) is 61.3 Å². The summed E-state index contributed by atoms with van der Waals surface area (Å²) in [5, 5.41) is 13.2. The first-order chi connectivity index (χ1) is 12.8. The van der Waals surface area contributed by atoms with Crippen LogP contribution in [0.1, 0.15) is 61.1 Å². The molecule has 1 aliphatic carbocycles. The van der Waals surface area contributed by atoms with E-state index in [4.69, 9.17) is 4.42 Å². The highest BCUT2D eigenvalue weighted by Gasteiger charge is 2.33. The molecule has 0 saturated heterocycles. The topological polar surface area (TPSA) is 66.0 Å². The van der Waals surface area contributed by atoms with Crippen LogP contribution in [0.4, 0.5) is 5.00 Å². The largest absolute Gasteiger partial charge is 0.462 e. The standard InChI is InChI=1S/C22H26N2O2S/c1-5-22(3,4)15-7-10-17-18(13-23)21(27-19(17)12-15)24-20(25)11-9-16-8-6-14(2)26-16/h6,8-9,11,15H,5,7,10,12H2,1-4H3,(H,24,25)/b11-9+. The molecule has 5 heteroatoms. The molecular formula is C22H26N2O2S. The van der Waals surface area contributed by atoms with Gasteiger partial charge < -0.3 is 9.73 Å². The minimum atomic E-state index is -0.246. The SMILES string of the molecule is CCC(C)(C)C1CCc2c(sc(NC(=O)/C=C/c3ccc(C)o3)c2C#N)C1. The molecule has 3 rings (SSSR count). The number of furan rings is 1. The van der Waals surface area contributed by atoms with E-state index in [1.165, 1.54) is 11.0 Å². The molecule has 2 heterocycles. The van der Waals surface area contributed by atoms with Crippen LogP contribution in [0.3, 0.4) is 0 Å². The fourth-order valence-electron chi connectivity index (χ4n) is 3.60. The molecule has 1 atom stereocenters. The molecule has 2 aromatic rings. The summed E-state index contributed by atoms with van der Waals surface area (Å²) in [6, 6.07) is 5.98. The number of nitrogens with one attached hydrogen (secondary N) is 1. The molecule has 0 saturated carbocycles. The number of nitriles is 1. The molecule has 0 spiro atoms. The molecule has 0 radical (unpaired) electrons. The number of hydrogen-bond donors (Lipinski definition) is 1. The fraction of sp³-hybridized carbons (Fsp3) is 0.455. The van der Waals surface area contributed by atoms with E-state index in [0.29, 0.717) is 27.7 Å². The summed E-state index contributed by atoms with van der Waals surface area (Å²) in [4.78, 5) is 13.6. The highest BCUT2D eigenvalue weighted by atomic mass is 32.1. The fourth-order valence-corrected chi connectivity index (χ4v) is 4.88. The average Bonchev–Trinajstić information content (AvgIpc) is 3.21. The van der Waals surface area contributed by atoms with Crippen molar-refractivity contribution in [2.75, 3.05) is 5.32 Å². The Labute approximate surface area is 164 Å². The lowest BCUT2D eigenvalue weighted by Gasteiger charge is -2.36. The normalized spacial score (nSPS) is 16.9. The molecule has 4 nitrogen and oxygen atoms in total. The number of thiophene rings is 1. The zero-order valence-corrected chi connectivity index (χ0v) is 17.2. The van der Waals surface area contributed by atoms with Crippen molar-refractivity contribution in [3.63, 3.8) is 0 Å². The third kappa shape index (κ3) is 4.17. The zero-order valence-electron chi connectivity index (χ0n) is 16.4. The van der Waals surface area contributed by atoms with Gasteiger partial charge in [-0.25, -0.2) is 0 Å². The molecule has 0 bridgehead atoms. The Hall–Kier alpha value is -2.32. The van der Waals surface area contributed by atoms with Crippen LogP contribution in [-0.2, 0) is 17.6 Å². The minimum Gasteiger partial charge on any atom is -0.462 e. The Bertz CT molecular complexity index is 911. The van der Waals surface area contributed by atoms with Gasteiger partial charge in [0.1, 0.15) is 22.6 Å². The maximum atomic E-state index is 12.3. The predicted octanol–water partition coefficient (Wildman–Crippen LogP) is 5.71. The predicted molar refractivity (Wildman–Crippen MR) is 110 cm³/mol. The van der Waals surface area contributed by atoms with Crippen molar-refractivity contribution >= 4 is 28.3 Å². The van der Waals surface area contributed by atoms with Crippen molar-refractivity contribution in [3.8, 4) is 6.07 Å². The first-order valence-electron chi connectivity index (χ1n) is 9.44. The molecular weight excluding hydrogens is 356 g/mol. The van der Waals surface area contributed by atoms with Crippen molar-refractivity contribution in [2.45, 2.75) is 53.4 Å². The molecule has 0 aromatic carbocycles. The van der Waals surface area contributed by atoms with E-state index in [-0.39, 0.29) is 5.91 Å². The van der Waals surface area contributed by atoms with Crippen molar-refractivity contribution in [2.24, 2.45) is 11.3 Å². The van der Waals surface area contributed by atoms with E-state index in [1.807, 2.05) is 19.1 Å². The Kier molecular flexibility index (Phi) is 5.57. The quantitative estimate of drug-likeness (QED) is 0.673. The summed E-state index contributed by atoms with van der Waals surface area (Å²) in [7, 11) is 0. The van der Waals surface area contributed by atoms with Crippen molar-refractivity contribution < 1.29 is 9.21 Å². The van der Waals surface area contributed by atoms with Crippen LogP contribution >= 0.6 is 11.3 Å². The maximum Gasteiger partial charge on any atom is 0.249 e. The van der Waals surface area contributed by atoms with E-state index >= 15 is 0 Å². The van der Waals surface area contributed by atoms with Gasteiger partial charge in [0.05, 0.1) is 5.56 Å². The summed E-state index contributed by atoms with van der Waals surface area (Å²) in [6.07, 6.45) is 7.24. The molecule has 0 fully saturated rings. The number of rotatable bonds is 5.